The predicted molar refractivity (Wildman–Crippen MR) is 263 cm³/mol. The first kappa shape index (κ1) is 67.2. The minimum Gasteiger partial charge on any atom is -0.100 e. The van der Waals surface area contributed by atoms with Crippen molar-refractivity contribution in [2.24, 2.45) is 40.4 Å². The Hall–Kier alpha value is -1.56. The highest BCUT2D eigenvalue weighted by atomic mass is 14.5. The van der Waals surface area contributed by atoms with Gasteiger partial charge in [-0.2, -0.15) is 0 Å². The average molecular weight is 759 g/mol. The zero-order chi connectivity index (χ0) is 44.7. The molecule has 3 aliphatic rings. The molecule has 4 atom stereocenters. The average Bonchev–Trinajstić information content (AvgIpc) is 3.42. The minimum absolute atomic E-state index is 0.259. The molecule has 3 rings (SSSR count). The van der Waals surface area contributed by atoms with Gasteiger partial charge in [0.25, 0.3) is 0 Å². The van der Waals surface area contributed by atoms with E-state index in [2.05, 4.69) is 108 Å². The van der Waals surface area contributed by atoms with Crippen molar-refractivity contribution in [1.82, 2.24) is 0 Å². The standard InChI is InChI=1S/C17H28.C12H22.C6H10.C5H12.C4H8.5C2H6/c1-7-15(12-17(5,6)13(2)3)16-11-9-8-10-14(16)4;1-9(2)11-6-10-4-5-12(3,7-10)8-11;1-4-5-6(2)3;1-4-5(2)3;1-4(2)3;5*1-2/h8,10,15H,2,7,9,11-12H2,1,3-6H3;9-11H,4-8H2,1-3H3;4-5H,2H2,1,3H3;5H,4H2,1-3H3;1H2,2-3H3;5*1-2H3/b;;5-4+;;;;;;;. The van der Waals surface area contributed by atoms with Gasteiger partial charge in [0.15, 0.2) is 0 Å². The molecule has 0 saturated heterocycles. The lowest BCUT2D eigenvalue weighted by atomic mass is 9.69. The Balaban J connectivity index is -0.000000104. The van der Waals surface area contributed by atoms with Gasteiger partial charge in [-0.05, 0) is 140 Å². The fraction of sp³-hybridized carbons (Fsp3) is 0.778. The molecule has 0 radical (unpaired) electrons. The smallest absolute Gasteiger partial charge is 0.0144 e. The molecule has 2 bridgehead atoms. The number of allylic oxidation sites excluding steroid dienone is 9. The van der Waals surface area contributed by atoms with Gasteiger partial charge in [-0.15, -0.1) is 6.58 Å². The van der Waals surface area contributed by atoms with E-state index in [0.717, 1.165) is 40.6 Å². The summed E-state index contributed by atoms with van der Waals surface area (Å²) in [6.07, 6.45) is 22.4. The van der Waals surface area contributed by atoms with Crippen LogP contribution in [0.1, 0.15) is 237 Å². The second-order valence-electron chi connectivity index (χ2n) is 16.3. The van der Waals surface area contributed by atoms with Gasteiger partial charge >= 0.3 is 0 Å². The maximum absolute atomic E-state index is 4.15. The van der Waals surface area contributed by atoms with Gasteiger partial charge in [0.2, 0.25) is 0 Å². The molecule has 0 spiro atoms. The Morgan fingerprint density at radius 2 is 1.28 bits per heavy atom. The molecule has 0 heteroatoms. The van der Waals surface area contributed by atoms with Crippen LogP contribution in [-0.2, 0) is 0 Å². The van der Waals surface area contributed by atoms with Crippen molar-refractivity contribution in [2.45, 2.75) is 237 Å². The molecule has 2 saturated carbocycles. The molecule has 0 N–H and O–H groups in total. The first-order valence-electron chi connectivity index (χ1n) is 23.2. The number of hydrogen-bond acceptors (Lipinski definition) is 0. The van der Waals surface area contributed by atoms with E-state index in [0.29, 0.717) is 0 Å². The summed E-state index contributed by atoms with van der Waals surface area (Å²) in [7, 11) is 0. The van der Waals surface area contributed by atoms with Crippen LogP contribution in [0.3, 0.4) is 0 Å². The zero-order valence-electron chi connectivity index (χ0n) is 42.9. The van der Waals surface area contributed by atoms with Crippen molar-refractivity contribution in [3.8, 4) is 0 Å². The fourth-order valence-corrected chi connectivity index (χ4v) is 6.41. The maximum atomic E-state index is 4.15. The predicted octanol–water partition coefficient (Wildman–Crippen LogP) is 20.4. The normalized spacial score (nSPS) is 19.2. The summed E-state index contributed by atoms with van der Waals surface area (Å²) in [4.78, 5) is 0. The molecule has 0 aromatic rings. The van der Waals surface area contributed by atoms with Crippen LogP contribution < -0.4 is 0 Å². The van der Waals surface area contributed by atoms with Gasteiger partial charge in [0.1, 0.15) is 0 Å². The lowest BCUT2D eigenvalue weighted by Gasteiger charge is -2.37. The first-order chi connectivity index (χ1) is 25.2. The molecule has 0 amide bonds. The van der Waals surface area contributed by atoms with Crippen LogP contribution in [0, 0.1) is 40.4 Å². The number of hydrogen-bond donors (Lipinski definition) is 0. The summed E-state index contributed by atoms with van der Waals surface area (Å²) in [6.45, 7) is 64.6. The van der Waals surface area contributed by atoms with E-state index in [1.807, 2.05) is 109 Å². The van der Waals surface area contributed by atoms with Crippen LogP contribution in [-0.4, -0.2) is 0 Å². The lowest BCUT2D eigenvalue weighted by molar-refractivity contribution is 0.139. The van der Waals surface area contributed by atoms with E-state index in [1.54, 1.807) is 5.57 Å². The molecule has 326 valence electrons. The van der Waals surface area contributed by atoms with E-state index in [9.17, 15) is 0 Å². The maximum Gasteiger partial charge on any atom is -0.0144 e. The summed E-state index contributed by atoms with van der Waals surface area (Å²) in [5.41, 5.74) is 7.77. The largest absolute Gasteiger partial charge is 0.100 e. The van der Waals surface area contributed by atoms with E-state index >= 15 is 0 Å². The summed E-state index contributed by atoms with van der Waals surface area (Å²) in [5, 5.41) is 0. The molecule has 3 aliphatic carbocycles. The molecular weight excluding hydrogens is 649 g/mol. The van der Waals surface area contributed by atoms with Crippen molar-refractivity contribution in [2.75, 3.05) is 0 Å². The van der Waals surface area contributed by atoms with Crippen molar-refractivity contribution in [3.05, 3.63) is 71.9 Å². The van der Waals surface area contributed by atoms with E-state index in [-0.39, 0.29) is 5.41 Å². The Labute approximate surface area is 348 Å². The van der Waals surface area contributed by atoms with Gasteiger partial charge in [0.05, 0.1) is 0 Å². The summed E-state index contributed by atoms with van der Waals surface area (Å²) in [6, 6.07) is 0. The Morgan fingerprint density at radius 3 is 1.56 bits per heavy atom. The Kier molecular flexibility index (Phi) is 55.0. The van der Waals surface area contributed by atoms with Crippen molar-refractivity contribution in [3.63, 3.8) is 0 Å². The van der Waals surface area contributed by atoms with Gasteiger partial charge in [-0.3, -0.25) is 0 Å². The molecule has 4 unspecified atom stereocenters. The molecule has 0 nitrogen and oxygen atoms in total. The van der Waals surface area contributed by atoms with Gasteiger partial charge < -0.3 is 0 Å². The molecule has 0 aromatic heterocycles. The Bertz CT molecular complexity index is 910. The van der Waals surface area contributed by atoms with E-state index < -0.39 is 0 Å². The highest BCUT2D eigenvalue weighted by molar-refractivity contribution is 5.29. The summed E-state index contributed by atoms with van der Waals surface area (Å²) < 4.78 is 0. The highest BCUT2D eigenvalue weighted by Gasteiger charge is 2.42. The van der Waals surface area contributed by atoms with Crippen molar-refractivity contribution >= 4 is 0 Å². The topological polar surface area (TPSA) is 0 Å². The van der Waals surface area contributed by atoms with E-state index in [4.69, 9.17) is 0 Å². The molecule has 0 heterocycles. The molecule has 0 aliphatic heterocycles. The quantitative estimate of drug-likeness (QED) is 0.171. The van der Waals surface area contributed by atoms with Gasteiger partial charge in [0, 0.05) is 0 Å². The van der Waals surface area contributed by atoms with Crippen LogP contribution in [0.4, 0.5) is 0 Å². The fourth-order valence-electron chi connectivity index (χ4n) is 6.41. The second-order valence-corrected chi connectivity index (χ2v) is 16.3. The number of fused-ring (bicyclic) bond motifs is 2. The van der Waals surface area contributed by atoms with Crippen LogP contribution in [0.15, 0.2) is 71.9 Å². The van der Waals surface area contributed by atoms with Crippen LogP contribution >= 0.6 is 0 Å². The summed E-state index contributed by atoms with van der Waals surface area (Å²) in [5.74, 6) is 4.67. The molecule has 54 heavy (non-hydrogen) atoms. The molecule has 0 aromatic carbocycles. The Morgan fingerprint density at radius 1 is 0.833 bits per heavy atom. The lowest BCUT2D eigenvalue weighted by Crippen LogP contribution is -2.26. The van der Waals surface area contributed by atoms with Crippen LogP contribution in [0.5, 0.6) is 0 Å². The van der Waals surface area contributed by atoms with E-state index in [1.165, 1.54) is 80.9 Å². The third kappa shape index (κ3) is 40.1. The third-order valence-electron chi connectivity index (χ3n) is 9.89. The van der Waals surface area contributed by atoms with Gasteiger partial charge in [-0.25, -0.2) is 0 Å². The van der Waals surface area contributed by atoms with Crippen molar-refractivity contribution in [1.29, 1.82) is 0 Å². The molecular formula is C54H110. The highest BCUT2D eigenvalue weighted by Crippen LogP contribution is 2.54. The van der Waals surface area contributed by atoms with Crippen molar-refractivity contribution < 1.29 is 0 Å². The van der Waals surface area contributed by atoms with Gasteiger partial charge in [-0.1, -0.05) is 203 Å². The summed E-state index contributed by atoms with van der Waals surface area (Å²) >= 11 is 0. The molecule has 2 fully saturated rings. The zero-order valence-corrected chi connectivity index (χ0v) is 42.9. The first-order valence-corrected chi connectivity index (χ1v) is 23.2. The second kappa shape index (κ2) is 44.2. The van der Waals surface area contributed by atoms with Crippen LogP contribution in [0.2, 0.25) is 0 Å². The third-order valence-corrected chi connectivity index (χ3v) is 9.89. The van der Waals surface area contributed by atoms with Crippen LogP contribution in [0.25, 0.3) is 0 Å². The SMILES string of the molecule is C=C(C)/C=C/C.C=C(C)C.C=C(C)C(C)(C)CC(CC)C1=C(C)C=CCC1.CC.CC.CC.CC.CC.CC(C)C1CC2CCC(C)(C2)C1.CCC(C)C. The monoisotopic (exact) mass is 759 g/mol. The minimum atomic E-state index is 0.259. The number of rotatable bonds is 8.